The van der Waals surface area contributed by atoms with Gasteiger partial charge >= 0.3 is 0 Å². The number of carbonyl (C=O) groups excluding carboxylic acids is 2. The van der Waals surface area contributed by atoms with E-state index in [0.717, 1.165) is 0 Å². The average molecular weight is 278 g/mol. The monoisotopic (exact) mass is 278 g/mol. The van der Waals surface area contributed by atoms with Crippen LogP contribution < -0.4 is 0 Å². The summed E-state index contributed by atoms with van der Waals surface area (Å²) in [5.74, 6) is -0.309. The Morgan fingerprint density at radius 3 is 1.43 bits per heavy atom. The summed E-state index contributed by atoms with van der Waals surface area (Å²) in [5, 5.41) is 0. The van der Waals surface area contributed by atoms with Crippen LogP contribution in [0, 0.1) is 0 Å². The van der Waals surface area contributed by atoms with Gasteiger partial charge in [-0.2, -0.15) is 0 Å². The molecule has 0 spiro atoms. The van der Waals surface area contributed by atoms with E-state index in [2.05, 4.69) is 0 Å². The summed E-state index contributed by atoms with van der Waals surface area (Å²) in [6.07, 6.45) is 5.13. The summed E-state index contributed by atoms with van der Waals surface area (Å²) in [4.78, 5) is 23.4. The number of ketones is 2. The molecular formula is C18H14O3. The van der Waals surface area contributed by atoms with Crippen molar-refractivity contribution in [2.24, 2.45) is 0 Å². The zero-order valence-corrected chi connectivity index (χ0v) is 11.3. The lowest BCUT2D eigenvalue weighted by molar-refractivity contribution is 0.103. The highest BCUT2D eigenvalue weighted by atomic mass is 16.5. The molecule has 0 saturated heterocycles. The van der Waals surface area contributed by atoms with Crippen molar-refractivity contribution in [2.45, 2.75) is 0 Å². The second-order valence-corrected chi connectivity index (χ2v) is 4.20. The van der Waals surface area contributed by atoms with E-state index in [1.165, 1.54) is 24.7 Å². The van der Waals surface area contributed by atoms with Gasteiger partial charge in [-0.25, -0.2) is 0 Å². The van der Waals surface area contributed by atoms with Crippen LogP contribution in [-0.2, 0) is 4.74 Å². The van der Waals surface area contributed by atoms with Crippen LogP contribution >= 0.6 is 0 Å². The van der Waals surface area contributed by atoms with E-state index >= 15 is 0 Å². The van der Waals surface area contributed by atoms with E-state index < -0.39 is 0 Å². The first-order chi connectivity index (χ1) is 10.3. The number of rotatable bonds is 6. The lowest BCUT2D eigenvalue weighted by atomic mass is 10.1. The third kappa shape index (κ3) is 4.58. The fourth-order valence-corrected chi connectivity index (χ4v) is 1.64. The Morgan fingerprint density at radius 1 is 0.667 bits per heavy atom. The molecule has 0 bridgehead atoms. The predicted octanol–water partition coefficient (Wildman–Crippen LogP) is 3.80. The van der Waals surface area contributed by atoms with E-state index in [4.69, 9.17) is 4.74 Å². The number of benzene rings is 2. The topological polar surface area (TPSA) is 43.4 Å². The van der Waals surface area contributed by atoms with Gasteiger partial charge in [0.2, 0.25) is 0 Å². The minimum atomic E-state index is -0.154. The quantitative estimate of drug-likeness (QED) is 0.458. The van der Waals surface area contributed by atoms with Gasteiger partial charge < -0.3 is 4.74 Å². The molecule has 104 valence electrons. The number of carbonyl (C=O) groups is 2. The molecule has 0 radical (unpaired) electrons. The SMILES string of the molecule is O=C(/C=C/O/C=C/C(=O)c1ccccc1)c1ccccc1. The molecule has 2 rings (SSSR count). The zero-order valence-electron chi connectivity index (χ0n) is 11.3. The first kappa shape index (κ1) is 14.5. The molecule has 0 heterocycles. The van der Waals surface area contributed by atoms with Gasteiger partial charge in [-0.05, 0) is 0 Å². The Labute approximate surface area is 123 Å². The molecule has 3 heteroatoms. The number of allylic oxidation sites excluding steroid dienone is 2. The fourth-order valence-electron chi connectivity index (χ4n) is 1.64. The summed E-state index contributed by atoms with van der Waals surface area (Å²) in [7, 11) is 0. The van der Waals surface area contributed by atoms with Crippen molar-refractivity contribution in [2.75, 3.05) is 0 Å². The van der Waals surface area contributed by atoms with E-state index in [1.807, 2.05) is 12.1 Å². The Morgan fingerprint density at radius 2 is 1.05 bits per heavy atom. The third-order valence-corrected chi connectivity index (χ3v) is 2.71. The van der Waals surface area contributed by atoms with Gasteiger partial charge in [-0.1, -0.05) is 60.7 Å². The number of hydrogen-bond acceptors (Lipinski definition) is 3. The molecule has 0 aliphatic rings. The smallest absolute Gasteiger partial charge is 0.188 e. The summed E-state index contributed by atoms with van der Waals surface area (Å²) >= 11 is 0. The molecule has 0 N–H and O–H groups in total. The molecule has 0 amide bonds. The van der Waals surface area contributed by atoms with E-state index in [9.17, 15) is 9.59 Å². The summed E-state index contributed by atoms with van der Waals surface area (Å²) in [6, 6.07) is 17.7. The second kappa shape index (κ2) is 7.60. The molecule has 0 aliphatic heterocycles. The molecule has 0 saturated carbocycles. The highest BCUT2D eigenvalue weighted by molar-refractivity contribution is 6.04. The van der Waals surface area contributed by atoms with Gasteiger partial charge in [0, 0.05) is 23.3 Å². The van der Waals surface area contributed by atoms with Crippen LogP contribution in [0.15, 0.2) is 85.3 Å². The van der Waals surface area contributed by atoms with Crippen LogP contribution in [0.3, 0.4) is 0 Å². The third-order valence-electron chi connectivity index (χ3n) is 2.71. The summed E-state index contributed by atoms with van der Waals surface area (Å²) in [6.45, 7) is 0. The lowest BCUT2D eigenvalue weighted by Gasteiger charge is -1.95. The van der Waals surface area contributed by atoms with Gasteiger partial charge in [0.25, 0.3) is 0 Å². The van der Waals surface area contributed by atoms with Crippen molar-refractivity contribution in [3.8, 4) is 0 Å². The van der Waals surface area contributed by atoms with Crippen molar-refractivity contribution in [1.29, 1.82) is 0 Å². The van der Waals surface area contributed by atoms with Crippen molar-refractivity contribution in [3.63, 3.8) is 0 Å². The minimum Gasteiger partial charge on any atom is -0.472 e. The zero-order chi connectivity index (χ0) is 14.9. The highest BCUT2D eigenvalue weighted by Crippen LogP contribution is 2.02. The Hall–Kier alpha value is -2.94. The van der Waals surface area contributed by atoms with Gasteiger partial charge in [0.15, 0.2) is 11.6 Å². The van der Waals surface area contributed by atoms with Crippen molar-refractivity contribution in [3.05, 3.63) is 96.5 Å². The number of hydrogen-bond donors (Lipinski definition) is 0. The maximum atomic E-state index is 11.7. The molecular weight excluding hydrogens is 264 g/mol. The van der Waals surface area contributed by atoms with Crippen LogP contribution in [0.1, 0.15) is 20.7 Å². The van der Waals surface area contributed by atoms with Gasteiger partial charge in [0.1, 0.15) is 0 Å². The van der Waals surface area contributed by atoms with Crippen molar-refractivity contribution >= 4 is 11.6 Å². The van der Waals surface area contributed by atoms with Crippen LogP contribution in [0.25, 0.3) is 0 Å². The van der Waals surface area contributed by atoms with Gasteiger partial charge in [-0.3, -0.25) is 9.59 Å². The minimum absolute atomic E-state index is 0.154. The molecule has 0 aromatic heterocycles. The van der Waals surface area contributed by atoms with Gasteiger partial charge in [-0.15, -0.1) is 0 Å². The first-order valence-corrected chi connectivity index (χ1v) is 6.45. The molecule has 3 nitrogen and oxygen atoms in total. The molecule has 2 aromatic carbocycles. The predicted molar refractivity (Wildman–Crippen MR) is 80.9 cm³/mol. The molecule has 0 unspecified atom stereocenters. The summed E-state index contributed by atoms with van der Waals surface area (Å²) < 4.78 is 5.02. The highest BCUT2D eigenvalue weighted by Gasteiger charge is 2.00. The lowest BCUT2D eigenvalue weighted by Crippen LogP contribution is -1.94. The molecule has 2 aromatic rings. The standard InChI is InChI=1S/C18H14O3/c19-17(15-7-3-1-4-8-15)11-13-21-14-12-18(20)16-9-5-2-6-10-16/h1-14H/b13-11+,14-12+. The maximum Gasteiger partial charge on any atom is 0.188 e. The fraction of sp³-hybridized carbons (Fsp3) is 0. The Balaban J connectivity index is 1.84. The first-order valence-electron chi connectivity index (χ1n) is 6.45. The summed E-state index contributed by atoms with van der Waals surface area (Å²) in [5.41, 5.74) is 1.17. The van der Waals surface area contributed by atoms with E-state index in [1.54, 1.807) is 48.5 Å². The van der Waals surface area contributed by atoms with Crippen LogP contribution in [0.4, 0.5) is 0 Å². The maximum absolute atomic E-state index is 11.7. The Bertz CT molecular complexity index is 596. The average Bonchev–Trinajstić information content (AvgIpc) is 2.55. The second-order valence-electron chi connectivity index (χ2n) is 4.20. The van der Waals surface area contributed by atoms with Crippen LogP contribution in [-0.4, -0.2) is 11.6 Å². The van der Waals surface area contributed by atoms with Crippen LogP contribution in [0.2, 0.25) is 0 Å². The van der Waals surface area contributed by atoms with E-state index in [-0.39, 0.29) is 11.6 Å². The molecule has 0 atom stereocenters. The Kier molecular flexibility index (Phi) is 5.24. The molecule has 0 aliphatic carbocycles. The van der Waals surface area contributed by atoms with E-state index in [0.29, 0.717) is 11.1 Å². The van der Waals surface area contributed by atoms with Crippen LogP contribution in [0.5, 0.6) is 0 Å². The van der Waals surface area contributed by atoms with Crippen molar-refractivity contribution in [1.82, 2.24) is 0 Å². The largest absolute Gasteiger partial charge is 0.472 e. The van der Waals surface area contributed by atoms with Crippen molar-refractivity contribution < 1.29 is 14.3 Å². The normalized spacial score (nSPS) is 10.9. The number of ether oxygens (including phenoxy) is 1. The molecule has 21 heavy (non-hydrogen) atoms. The molecule has 0 fully saturated rings. The van der Waals surface area contributed by atoms with Gasteiger partial charge in [0.05, 0.1) is 12.5 Å².